The van der Waals surface area contributed by atoms with Gasteiger partial charge in [-0.15, -0.1) is 0 Å². The van der Waals surface area contributed by atoms with E-state index in [4.69, 9.17) is 3.32 Å². The second-order valence-corrected chi connectivity index (χ2v) is 2.01. The summed E-state index contributed by atoms with van der Waals surface area (Å²) >= 11 is 1.75. The minimum atomic E-state index is 0.924. The van der Waals surface area contributed by atoms with Crippen LogP contribution in [-0.2, 0) is 24.1 Å². The van der Waals surface area contributed by atoms with Crippen LogP contribution in [0.1, 0.15) is 26.2 Å². The molecule has 0 bridgehead atoms. The number of unbranched alkanes of at least 4 members (excludes halogenated alkanes) is 2. The first-order valence-corrected chi connectivity index (χ1v) is 3.34. The fourth-order valence-corrected chi connectivity index (χ4v) is 0.650. The summed E-state index contributed by atoms with van der Waals surface area (Å²) in [5.74, 6) is 0. The SMILES string of the molecule is CCCCC[O][Ti]. The first kappa shape index (κ1) is 7.67. The molecule has 1 nitrogen and oxygen atoms in total. The monoisotopic (exact) mass is 135 g/mol. The molecule has 0 unspecified atom stereocenters. The zero-order chi connectivity index (χ0) is 5.54. The molecule has 0 aromatic heterocycles. The van der Waals surface area contributed by atoms with Crippen LogP contribution >= 0.6 is 0 Å². The van der Waals surface area contributed by atoms with Crippen molar-refractivity contribution in [1.29, 1.82) is 0 Å². The van der Waals surface area contributed by atoms with Crippen LogP contribution in [0.3, 0.4) is 0 Å². The molecule has 0 amide bonds. The molecule has 0 aromatic rings. The average molecular weight is 135 g/mol. The van der Waals surface area contributed by atoms with Crippen LogP contribution in [0.25, 0.3) is 0 Å². The van der Waals surface area contributed by atoms with Crippen molar-refractivity contribution in [2.24, 2.45) is 0 Å². The summed E-state index contributed by atoms with van der Waals surface area (Å²) in [7, 11) is 0. The first-order chi connectivity index (χ1) is 3.41. The zero-order valence-corrected chi connectivity index (χ0v) is 6.30. The van der Waals surface area contributed by atoms with Gasteiger partial charge >= 0.3 is 56.9 Å². The van der Waals surface area contributed by atoms with E-state index in [2.05, 4.69) is 6.92 Å². The van der Waals surface area contributed by atoms with Gasteiger partial charge in [-0.2, -0.15) is 0 Å². The van der Waals surface area contributed by atoms with E-state index in [1.165, 1.54) is 19.3 Å². The van der Waals surface area contributed by atoms with E-state index in [1.807, 2.05) is 0 Å². The Hall–Kier alpha value is 0.674. The summed E-state index contributed by atoms with van der Waals surface area (Å²) in [6.45, 7) is 3.11. The predicted molar refractivity (Wildman–Crippen MR) is 25.5 cm³/mol. The van der Waals surface area contributed by atoms with Gasteiger partial charge in [-0.25, -0.2) is 0 Å². The summed E-state index contributed by atoms with van der Waals surface area (Å²) in [5, 5.41) is 0. The Balaban J connectivity index is 2.45. The number of hydrogen-bond donors (Lipinski definition) is 0. The van der Waals surface area contributed by atoms with Gasteiger partial charge in [0.05, 0.1) is 0 Å². The van der Waals surface area contributed by atoms with Crippen LogP contribution in [-0.4, -0.2) is 6.61 Å². The topological polar surface area (TPSA) is 9.23 Å². The molecule has 0 aromatic carbocycles. The molecule has 0 radical (unpaired) electrons. The van der Waals surface area contributed by atoms with Crippen LogP contribution in [0.5, 0.6) is 0 Å². The van der Waals surface area contributed by atoms with Crippen molar-refractivity contribution in [2.45, 2.75) is 26.2 Å². The van der Waals surface area contributed by atoms with Gasteiger partial charge in [0, 0.05) is 0 Å². The Morgan fingerprint density at radius 3 is 2.57 bits per heavy atom. The summed E-state index contributed by atoms with van der Waals surface area (Å²) in [6.07, 6.45) is 3.80. The Labute approximate surface area is 57.3 Å². The quantitative estimate of drug-likeness (QED) is 0.420. The van der Waals surface area contributed by atoms with Crippen molar-refractivity contribution in [3.63, 3.8) is 0 Å². The van der Waals surface area contributed by atoms with Gasteiger partial charge in [0.25, 0.3) is 0 Å². The van der Waals surface area contributed by atoms with Gasteiger partial charge in [0.2, 0.25) is 0 Å². The summed E-state index contributed by atoms with van der Waals surface area (Å²) in [6, 6.07) is 0. The molecule has 0 aliphatic heterocycles. The van der Waals surface area contributed by atoms with Crippen molar-refractivity contribution < 1.29 is 24.1 Å². The molecule has 0 fully saturated rings. The van der Waals surface area contributed by atoms with Crippen molar-refractivity contribution in [2.75, 3.05) is 6.61 Å². The molecular weight excluding hydrogens is 124 g/mol. The molecule has 0 heterocycles. The van der Waals surface area contributed by atoms with Crippen LogP contribution in [0.4, 0.5) is 0 Å². The van der Waals surface area contributed by atoms with Gasteiger partial charge in [-0.05, 0) is 0 Å². The van der Waals surface area contributed by atoms with Crippen molar-refractivity contribution >= 4 is 0 Å². The van der Waals surface area contributed by atoms with Gasteiger partial charge < -0.3 is 0 Å². The van der Waals surface area contributed by atoms with Crippen molar-refractivity contribution in [3.8, 4) is 0 Å². The maximum absolute atomic E-state index is 4.84. The third-order valence-electron chi connectivity index (χ3n) is 0.850. The Bertz CT molecular complexity index is 27.3. The second kappa shape index (κ2) is 6.67. The van der Waals surface area contributed by atoms with Gasteiger partial charge in [-0.1, -0.05) is 0 Å². The Morgan fingerprint density at radius 1 is 1.43 bits per heavy atom. The third-order valence-corrected chi connectivity index (χ3v) is 1.17. The zero-order valence-electron chi connectivity index (χ0n) is 4.74. The molecule has 0 aliphatic carbocycles. The molecule has 0 aliphatic rings. The van der Waals surface area contributed by atoms with Crippen LogP contribution in [0.2, 0.25) is 0 Å². The van der Waals surface area contributed by atoms with E-state index in [0.717, 1.165) is 6.61 Å². The van der Waals surface area contributed by atoms with Gasteiger partial charge in [0.1, 0.15) is 0 Å². The van der Waals surface area contributed by atoms with Crippen molar-refractivity contribution in [3.05, 3.63) is 0 Å². The van der Waals surface area contributed by atoms with Gasteiger partial charge in [0.15, 0.2) is 0 Å². The Kier molecular flexibility index (Phi) is 7.32. The van der Waals surface area contributed by atoms with E-state index in [9.17, 15) is 0 Å². The molecule has 0 saturated heterocycles. The summed E-state index contributed by atoms with van der Waals surface area (Å²) in [5.41, 5.74) is 0. The molecule has 0 saturated carbocycles. The molecule has 7 heavy (non-hydrogen) atoms. The second-order valence-electron chi connectivity index (χ2n) is 1.56. The van der Waals surface area contributed by atoms with Gasteiger partial charge in [-0.3, -0.25) is 0 Å². The minimum absolute atomic E-state index is 0.924. The molecule has 0 rings (SSSR count). The third kappa shape index (κ3) is 6.67. The fraction of sp³-hybridized carbons (Fsp3) is 1.00. The normalized spacial score (nSPS) is 9.14. The maximum atomic E-state index is 4.84. The van der Waals surface area contributed by atoms with Crippen LogP contribution in [0.15, 0.2) is 0 Å². The summed E-state index contributed by atoms with van der Waals surface area (Å²) in [4.78, 5) is 0. The molecule has 0 atom stereocenters. The van der Waals surface area contributed by atoms with Crippen LogP contribution < -0.4 is 0 Å². The predicted octanol–water partition coefficient (Wildman–Crippen LogP) is 1.66. The van der Waals surface area contributed by atoms with E-state index < -0.39 is 0 Å². The average Bonchev–Trinajstić information content (AvgIpc) is 1.69. The fourth-order valence-electron chi connectivity index (χ4n) is 0.424. The molecule has 0 N–H and O–H groups in total. The van der Waals surface area contributed by atoms with E-state index in [-0.39, 0.29) is 0 Å². The summed E-state index contributed by atoms with van der Waals surface area (Å²) < 4.78 is 4.84. The number of hydrogen-bond acceptors (Lipinski definition) is 1. The van der Waals surface area contributed by atoms with E-state index >= 15 is 0 Å². The van der Waals surface area contributed by atoms with Crippen LogP contribution in [0, 0.1) is 0 Å². The van der Waals surface area contributed by atoms with Crippen molar-refractivity contribution in [1.82, 2.24) is 0 Å². The van der Waals surface area contributed by atoms with E-state index in [1.54, 1.807) is 20.8 Å². The first-order valence-electron chi connectivity index (χ1n) is 2.70. The standard InChI is InChI=1S/C5H11O.Ti/c1-2-3-4-5-6;/h2-5H2,1H3;/q-1;+1. The molecular formula is C5H11OTi. The molecule has 41 valence electrons. The molecule has 2 heteroatoms. The van der Waals surface area contributed by atoms with E-state index in [0.29, 0.717) is 0 Å². The Morgan fingerprint density at radius 2 is 2.14 bits per heavy atom. The molecule has 0 spiro atoms. The number of rotatable bonds is 4.